The third-order valence-electron chi connectivity index (χ3n) is 3.53. The number of nitriles is 1. The molecule has 0 aromatic carbocycles. The van der Waals surface area contributed by atoms with Crippen molar-refractivity contribution in [3.05, 3.63) is 17.5 Å². The normalized spacial score (nSPS) is 17.1. The summed E-state index contributed by atoms with van der Waals surface area (Å²) in [5.41, 5.74) is 2.72. The van der Waals surface area contributed by atoms with Gasteiger partial charge in [-0.2, -0.15) is 10.4 Å². The Labute approximate surface area is 97.1 Å². The lowest BCUT2D eigenvalue weighted by atomic mass is 10.0. The number of hydrogen-bond donors (Lipinski definition) is 0. The number of hydrogen-bond acceptors (Lipinski definition) is 2. The topological polar surface area (TPSA) is 41.6 Å². The van der Waals surface area contributed by atoms with Gasteiger partial charge in [0.05, 0.1) is 11.8 Å². The first-order valence-electron chi connectivity index (χ1n) is 6.15. The van der Waals surface area contributed by atoms with Crippen LogP contribution in [0.3, 0.4) is 0 Å². The Morgan fingerprint density at radius 1 is 1.44 bits per heavy atom. The molecule has 0 atom stereocenters. The van der Waals surface area contributed by atoms with Crippen molar-refractivity contribution in [2.45, 2.75) is 52.5 Å². The minimum Gasteiger partial charge on any atom is -0.269 e. The van der Waals surface area contributed by atoms with Crippen molar-refractivity contribution in [2.24, 2.45) is 5.41 Å². The van der Waals surface area contributed by atoms with Gasteiger partial charge in [-0.25, -0.2) is 0 Å². The monoisotopic (exact) mass is 217 g/mol. The van der Waals surface area contributed by atoms with Gasteiger partial charge in [-0.3, -0.25) is 4.68 Å². The third kappa shape index (κ3) is 2.11. The van der Waals surface area contributed by atoms with Crippen molar-refractivity contribution in [2.75, 3.05) is 0 Å². The Morgan fingerprint density at radius 3 is 2.69 bits per heavy atom. The summed E-state index contributed by atoms with van der Waals surface area (Å²) in [6.07, 6.45) is 5.06. The molecule has 0 saturated heterocycles. The van der Waals surface area contributed by atoms with E-state index in [4.69, 9.17) is 5.26 Å². The predicted molar refractivity (Wildman–Crippen MR) is 62.9 cm³/mol. The zero-order valence-electron chi connectivity index (χ0n) is 10.2. The van der Waals surface area contributed by atoms with E-state index in [9.17, 15) is 0 Å². The molecule has 0 amide bonds. The number of nitrogens with zero attached hydrogens (tertiary/aromatic N) is 3. The smallest absolute Gasteiger partial charge is 0.0628 e. The van der Waals surface area contributed by atoms with Crippen LogP contribution in [0.4, 0.5) is 0 Å². The molecule has 0 aliphatic heterocycles. The van der Waals surface area contributed by atoms with Gasteiger partial charge in [0.15, 0.2) is 0 Å². The molecule has 3 nitrogen and oxygen atoms in total. The molecule has 1 aromatic heterocycles. The zero-order valence-corrected chi connectivity index (χ0v) is 10.2. The van der Waals surface area contributed by atoms with E-state index < -0.39 is 0 Å². The first-order valence-corrected chi connectivity index (χ1v) is 6.15. The van der Waals surface area contributed by atoms with Gasteiger partial charge < -0.3 is 0 Å². The average Bonchev–Trinajstić information content (AvgIpc) is 2.92. The van der Waals surface area contributed by atoms with E-state index in [-0.39, 0.29) is 5.41 Å². The van der Waals surface area contributed by atoms with Gasteiger partial charge in [-0.1, -0.05) is 13.8 Å². The van der Waals surface area contributed by atoms with Gasteiger partial charge in [0.25, 0.3) is 0 Å². The largest absolute Gasteiger partial charge is 0.269 e. The van der Waals surface area contributed by atoms with Gasteiger partial charge in [0, 0.05) is 24.1 Å². The SMILES string of the molecule is CCc1cc(CC)n(CC2(CC#N)CC2)n1. The van der Waals surface area contributed by atoms with Crippen molar-refractivity contribution in [1.82, 2.24) is 9.78 Å². The number of aryl methyl sites for hydroxylation is 2. The summed E-state index contributed by atoms with van der Waals surface area (Å²) in [5, 5.41) is 13.4. The molecule has 86 valence electrons. The van der Waals surface area contributed by atoms with Crippen LogP contribution in [0.25, 0.3) is 0 Å². The van der Waals surface area contributed by atoms with Gasteiger partial charge in [-0.05, 0) is 31.7 Å². The molecule has 0 radical (unpaired) electrons. The van der Waals surface area contributed by atoms with Crippen LogP contribution in [0.1, 0.15) is 44.5 Å². The molecule has 0 unspecified atom stereocenters. The lowest BCUT2D eigenvalue weighted by molar-refractivity contribution is 0.394. The highest BCUT2D eigenvalue weighted by Crippen LogP contribution is 2.50. The van der Waals surface area contributed by atoms with Crippen LogP contribution in [-0.4, -0.2) is 9.78 Å². The van der Waals surface area contributed by atoms with E-state index in [1.54, 1.807) is 0 Å². The van der Waals surface area contributed by atoms with Gasteiger partial charge in [0.2, 0.25) is 0 Å². The van der Waals surface area contributed by atoms with Crippen molar-refractivity contribution >= 4 is 0 Å². The lowest BCUT2D eigenvalue weighted by Gasteiger charge is -2.13. The van der Waals surface area contributed by atoms with Crippen molar-refractivity contribution in [1.29, 1.82) is 5.26 Å². The summed E-state index contributed by atoms with van der Waals surface area (Å²) in [7, 11) is 0. The van der Waals surface area contributed by atoms with Crippen molar-refractivity contribution < 1.29 is 0 Å². The lowest BCUT2D eigenvalue weighted by Crippen LogP contribution is -2.14. The standard InChI is InChI=1S/C13H19N3/c1-3-11-9-12(4-2)16(15-11)10-13(5-6-13)7-8-14/h9H,3-7,10H2,1-2H3. The maximum Gasteiger partial charge on any atom is 0.0628 e. The van der Waals surface area contributed by atoms with E-state index in [2.05, 4.69) is 35.8 Å². The first-order chi connectivity index (χ1) is 7.73. The zero-order chi connectivity index (χ0) is 11.6. The second-order valence-corrected chi connectivity index (χ2v) is 4.83. The molecule has 1 aliphatic rings. The summed E-state index contributed by atoms with van der Waals surface area (Å²) in [5.74, 6) is 0. The second-order valence-electron chi connectivity index (χ2n) is 4.83. The summed E-state index contributed by atoms with van der Waals surface area (Å²) >= 11 is 0. The highest BCUT2D eigenvalue weighted by atomic mass is 15.3. The van der Waals surface area contributed by atoms with E-state index in [1.807, 2.05) is 0 Å². The fraction of sp³-hybridized carbons (Fsp3) is 0.692. The molecule has 3 heteroatoms. The van der Waals surface area contributed by atoms with Crippen LogP contribution >= 0.6 is 0 Å². The molecule has 1 heterocycles. The van der Waals surface area contributed by atoms with Gasteiger partial charge in [0.1, 0.15) is 0 Å². The average molecular weight is 217 g/mol. The van der Waals surface area contributed by atoms with E-state index in [1.165, 1.54) is 24.2 Å². The second kappa shape index (κ2) is 4.29. The Kier molecular flexibility index (Phi) is 3.00. The molecule has 0 bridgehead atoms. The minimum absolute atomic E-state index is 0.246. The Bertz CT molecular complexity index is 407. The molecule has 1 aromatic rings. The molecule has 0 spiro atoms. The van der Waals surface area contributed by atoms with Crippen LogP contribution in [0.5, 0.6) is 0 Å². The van der Waals surface area contributed by atoms with Crippen LogP contribution in [-0.2, 0) is 19.4 Å². The molecule has 1 aliphatic carbocycles. The Morgan fingerprint density at radius 2 is 2.19 bits per heavy atom. The van der Waals surface area contributed by atoms with Crippen LogP contribution < -0.4 is 0 Å². The molecule has 1 saturated carbocycles. The fourth-order valence-corrected chi connectivity index (χ4v) is 2.16. The first kappa shape index (κ1) is 11.2. The number of rotatable bonds is 5. The predicted octanol–water partition coefficient (Wildman–Crippen LogP) is 2.70. The summed E-state index contributed by atoms with van der Waals surface area (Å²) < 4.78 is 2.13. The third-order valence-corrected chi connectivity index (χ3v) is 3.53. The van der Waals surface area contributed by atoms with Gasteiger partial charge >= 0.3 is 0 Å². The summed E-state index contributed by atoms with van der Waals surface area (Å²) in [6, 6.07) is 4.50. The molecule has 2 rings (SSSR count). The van der Waals surface area contributed by atoms with E-state index in [0.717, 1.165) is 19.4 Å². The van der Waals surface area contributed by atoms with Gasteiger partial charge in [-0.15, -0.1) is 0 Å². The Hall–Kier alpha value is -1.30. The maximum absolute atomic E-state index is 8.82. The fourth-order valence-electron chi connectivity index (χ4n) is 2.16. The molecule has 0 N–H and O–H groups in total. The molecule has 16 heavy (non-hydrogen) atoms. The highest BCUT2D eigenvalue weighted by Gasteiger charge is 2.43. The molecular weight excluding hydrogens is 198 g/mol. The number of aromatic nitrogens is 2. The van der Waals surface area contributed by atoms with Crippen molar-refractivity contribution in [3.63, 3.8) is 0 Å². The van der Waals surface area contributed by atoms with E-state index in [0.29, 0.717) is 6.42 Å². The highest BCUT2D eigenvalue weighted by molar-refractivity contribution is 5.12. The van der Waals surface area contributed by atoms with Crippen molar-refractivity contribution in [3.8, 4) is 6.07 Å². The van der Waals surface area contributed by atoms with Crippen LogP contribution in [0.15, 0.2) is 6.07 Å². The maximum atomic E-state index is 8.82. The quantitative estimate of drug-likeness (QED) is 0.761. The van der Waals surface area contributed by atoms with Crippen LogP contribution in [0.2, 0.25) is 0 Å². The Balaban J connectivity index is 2.14. The summed E-state index contributed by atoms with van der Waals surface area (Å²) in [4.78, 5) is 0. The summed E-state index contributed by atoms with van der Waals surface area (Å²) in [6.45, 7) is 5.23. The minimum atomic E-state index is 0.246. The van der Waals surface area contributed by atoms with E-state index >= 15 is 0 Å². The van der Waals surface area contributed by atoms with Crippen LogP contribution in [0, 0.1) is 16.7 Å². The molecular formula is C13H19N3. The molecule has 1 fully saturated rings.